The van der Waals surface area contributed by atoms with Crippen molar-refractivity contribution in [1.29, 1.82) is 0 Å². The van der Waals surface area contributed by atoms with Gasteiger partial charge >= 0.3 is 0 Å². The quantitative estimate of drug-likeness (QED) is 0.834. The molecule has 2 rings (SSSR count). The summed E-state index contributed by atoms with van der Waals surface area (Å²) in [5.74, 6) is 1.51. The molecule has 1 heterocycles. The first-order valence-electron chi connectivity index (χ1n) is 6.50. The SMILES string of the molecule is CNCc1cc(S(=O)(=O)NCC2CC2(C)C)c(C)o1. The van der Waals surface area contributed by atoms with Crippen molar-refractivity contribution in [3.63, 3.8) is 0 Å². The van der Waals surface area contributed by atoms with Crippen molar-refractivity contribution in [2.45, 2.75) is 38.6 Å². The molecule has 1 aromatic heterocycles. The molecule has 0 spiro atoms. The van der Waals surface area contributed by atoms with Gasteiger partial charge in [-0.3, -0.25) is 0 Å². The molecular weight excluding hydrogens is 264 g/mol. The van der Waals surface area contributed by atoms with Crippen LogP contribution in [-0.4, -0.2) is 22.0 Å². The van der Waals surface area contributed by atoms with E-state index in [9.17, 15) is 8.42 Å². The monoisotopic (exact) mass is 286 g/mol. The van der Waals surface area contributed by atoms with Crippen molar-refractivity contribution in [1.82, 2.24) is 10.0 Å². The highest BCUT2D eigenvalue weighted by Gasteiger charge is 2.45. The Morgan fingerprint density at radius 3 is 2.63 bits per heavy atom. The largest absolute Gasteiger partial charge is 0.464 e. The van der Waals surface area contributed by atoms with Gasteiger partial charge in [-0.2, -0.15) is 0 Å². The van der Waals surface area contributed by atoms with E-state index in [1.165, 1.54) is 0 Å². The van der Waals surface area contributed by atoms with E-state index in [-0.39, 0.29) is 10.3 Å². The average Bonchev–Trinajstić information content (AvgIpc) is 2.72. The van der Waals surface area contributed by atoms with Gasteiger partial charge in [0.1, 0.15) is 16.4 Å². The van der Waals surface area contributed by atoms with Crippen molar-refractivity contribution in [2.75, 3.05) is 13.6 Å². The van der Waals surface area contributed by atoms with Crippen LogP contribution in [0.5, 0.6) is 0 Å². The second-order valence-electron chi connectivity index (χ2n) is 5.91. The van der Waals surface area contributed by atoms with E-state index in [1.54, 1.807) is 20.0 Å². The van der Waals surface area contributed by atoms with Gasteiger partial charge in [-0.05, 0) is 31.7 Å². The third kappa shape index (κ3) is 3.19. The average molecular weight is 286 g/mol. The van der Waals surface area contributed by atoms with Gasteiger partial charge < -0.3 is 9.73 Å². The number of hydrogen-bond donors (Lipinski definition) is 2. The van der Waals surface area contributed by atoms with Gasteiger partial charge in [0.25, 0.3) is 0 Å². The van der Waals surface area contributed by atoms with Crippen LogP contribution in [0.3, 0.4) is 0 Å². The van der Waals surface area contributed by atoms with Crippen molar-refractivity contribution in [3.05, 3.63) is 17.6 Å². The van der Waals surface area contributed by atoms with Crippen molar-refractivity contribution in [3.8, 4) is 0 Å². The van der Waals surface area contributed by atoms with Crippen molar-refractivity contribution < 1.29 is 12.8 Å². The summed E-state index contributed by atoms with van der Waals surface area (Å²) in [5.41, 5.74) is 0.269. The maximum absolute atomic E-state index is 12.2. The van der Waals surface area contributed by atoms with Crippen LogP contribution in [0.2, 0.25) is 0 Å². The van der Waals surface area contributed by atoms with Gasteiger partial charge in [0, 0.05) is 12.6 Å². The molecular formula is C13H22N2O3S. The lowest BCUT2D eigenvalue weighted by atomic mass is 10.1. The summed E-state index contributed by atoms with van der Waals surface area (Å²) in [5, 5.41) is 2.94. The molecule has 0 radical (unpaired) electrons. The molecule has 0 amide bonds. The number of rotatable bonds is 6. The summed E-state index contributed by atoms with van der Waals surface area (Å²) in [7, 11) is -1.67. The van der Waals surface area contributed by atoms with Gasteiger partial charge in [0.2, 0.25) is 10.0 Å². The van der Waals surface area contributed by atoms with Crippen LogP contribution in [0, 0.1) is 18.3 Å². The smallest absolute Gasteiger partial charge is 0.244 e. The Labute approximate surface area is 114 Å². The van der Waals surface area contributed by atoms with E-state index in [4.69, 9.17) is 4.42 Å². The molecule has 1 aliphatic carbocycles. The van der Waals surface area contributed by atoms with Crippen LogP contribution in [0.25, 0.3) is 0 Å². The Morgan fingerprint density at radius 1 is 1.47 bits per heavy atom. The molecule has 1 unspecified atom stereocenters. The summed E-state index contributed by atoms with van der Waals surface area (Å²) in [4.78, 5) is 0.246. The Morgan fingerprint density at radius 2 is 2.11 bits per heavy atom. The number of furan rings is 1. The first-order chi connectivity index (χ1) is 8.76. The first-order valence-corrected chi connectivity index (χ1v) is 7.98. The summed E-state index contributed by atoms with van der Waals surface area (Å²) in [6, 6.07) is 1.59. The third-order valence-electron chi connectivity index (χ3n) is 3.80. The molecule has 1 aliphatic rings. The first kappa shape index (κ1) is 14.6. The predicted octanol–water partition coefficient (Wildman–Crippen LogP) is 1.63. The predicted molar refractivity (Wildman–Crippen MR) is 73.3 cm³/mol. The zero-order valence-corrected chi connectivity index (χ0v) is 12.7. The zero-order chi connectivity index (χ0) is 14.3. The maximum Gasteiger partial charge on any atom is 0.244 e. The lowest BCUT2D eigenvalue weighted by Crippen LogP contribution is -2.27. The fraction of sp³-hybridized carbons (Fsp3) is 0.692. The molecule has 1 saturated carbocycles. The van der Waals surface area contributed by atoms with E-state index in [0.29, 0.717) is 30.5 Å². The van der Waals surface area contributed by atoms with Gasteiger partial charge in [0.15, 0.2) is 0 Å². The minimum Gasteiger partial charge on any atom is -0.464 e. The minimum absolute atomic E-state index is 0.246. The molecule has 0 aromatic carbocycles. The molecule has 1 aromatic rings. The van der Waals surface area contributed by atoms with Crippen LogP contribution >= 0.6 is 0 Å². The van der Waals surface area contributed by atoms with E-state index in [2.05, 4.69) is 23.9 Å². The Kier molecular flexibility index (Phi) is 3.77. The number of nitrogens with one attached hydrogen (secondary N) is 2. The molecule has 108 valence electrons. The van der Waals surface area contributed by atoms with Gasteiger partial charge in [-0.15, -0.1) is 0 Å². The lowest BCUT2D eigenvalue weighted by Gasteiger charge is -2.06. The number of sulfonamides is 1. The Bertz CT molecular complexity index is 560. The van der Waals surface area contributed by atoms with Crippen molar-refractivity contribution >= 4 is 10.0 Å². The fourth-order valence-corrected chi connectivity index (χ4v) is 3.55. The second-order valence-corrected chi connectivity index (χ2v) is 7.64. The standard InChI is InChI=1S/C13H22N2O3S/c1-9-12(5-11(18-9)8-14-4)19(16,17)15-7-10-6-13(10,2)3/h5,10,14-15H,6-8H2,1-4H3. The molecule has 2 N–H and O–H groups in total. The van der Waals surface area contributed by atoms with Crippen LogP contribution in [0.15, 0.2) is 15.4 Å². The minimum atomic E-state index is -3.47. The molecule has 5 nitrogen and oxygen atoms in total. The summed E-state index contributed by atoms with van der Waals surface area (Å²) in [6.07, 6.45) is 1.07. The van der Waals surface area contributed by atoms with Crippen molar-refractivity contribution in [2.24, 2.45) is 11.3 Å². The van der Waals surface area contributed by atoms with Crippen LogP contribution < -0.4 is 10.0 Å². The summed E-state index contributed by atoms with van der Waals surface area (Å²) < 4.78 is 32.5. The van der Waals surface area contributed by atoms with E-state index in [1.807, 2.05) is 0 Å². The Hall–Kier alpha value is -0.850. The molecule has 0 aliphatic heterocycles. The highest BCUT2D eigenvalue weighted by Crippen LogP contribution is 2.51. The summed E-state index contributed by atoms with van der Waals surface area (Å²) in [6.45, 7) is 7.00. The van der Waals surface area contributed by atoms with Gasteiger partial charge in [-0.25, -0.2) is 13.1 Å². The Balaban J connectivity index is 2.06. The molecule has 1 fully saturated rings. The maximum atomic E-state index is 12.2. The van der Waals surface area contributed by atoms with E-state index < -0.39 is 10.0 Å². The fourth-order valence-electron chi connectivity index (χ4n) is 2.27. The van der Waals surface area contributed by atoms with Gasteiger partial charge in [-0.1, -0.05) is 13.8 Å². The summed E-state index contributed by atoms with van der Waals surface area (Å²) >= 11 is 0. The van der Waals surface area contributed by atoms with E-state index in [0.717, 1.165) is 6.42 Å². The molecule has 1 atom stereocenters. The van der Waals surface area contributed by atoms with Crippen LogP contribution in [0.1, 0.15) is 31.8 Å². The topological polar surface area (TPSA) is 71.3 Å². The molecule has 0 bridgehead atoms. The van der Waals surface area contributed by atoms with E-state index >= 15 is 0 Å². The number of hydrogen-bond acceptors (Lipinski definition) is 4. The van der Waals surface area contributed by atoms with Gasteiger partial charge in [0.05, 0.1) is 6.54 Å². The zero-order valence-electron chi connectivity index (χ0n) is 11.9. The third-order valence-corrected chi connectivity index (χ3v) is 5.33. The molecule has 6 heteroatoms. The normalized spacial score (nSPS) is 21.6. The highest BCUT2D eigenvalue weighted by atomic mass is 32.2. The molecule has 19 heavy (non-hydrogen) atoms. The highest BCUT2D eigenvalue weighted by molar-refractivity contribution is 7.89. The molecule has 0 saturated heterocycles. The van der Waals surface area contributed by atoms with Crippen LogP contribution in [-0.2, 0) is 16.6 Å². The second kappa shape index (κ2) is 4.92. The number of aryl methyl sites for hydroxylation is 1. The lowest BCUT2D eigenvalue weighted by molar-refractivity contribution is 0.465. The van der Waals surface area contributed by atoms with Crippen LogP contribution in [0.4, 0.5) is 0 Å².